The summed E-state index contributed by atoms with van der Waals surface area (Å²) in [6.07, 6.45) is -4.45. The van der Waals surface area contributed by atoms with Crippen molar-refractivity contribution in [3.63, 3.8) is 0 Å². The highest BCUT2D eigenvalue weighted by Crippen LogP contribution is 2.24. The molecular weight excluding hydrogens is 281 g/mol. The second kappa shape index (κ2) is 6.47. The Morgan fingerprint density at radius 1 is 1.24 bits per heavy atom. The Bertz CT molecular complexity index is 470. The van der Waals surface area contributed by atoms with E-state index in [4.69, 9.17) is 5.73 Å². The topological polar surface area (TPSA) is 46.3 Å². The van der Waals surface area contributed by atoms with Crippen molar-refractivity contribution in [1.29, 1.82) is 0 Å². The number of carbonyl (C=O) groups excluding carboxylic acids is 1. The molecule has 6 heteroatoms. The SMILES string of the molecule is CC(C)CN(CC(F)(F)F)C(=O)C(C)(N)c1ccccc1. The van der Waals surface area contributed by atoms with Crippen LogP contribution in [-0.2, 0) is 10.3 Å². The van der Waals surface area contributed by atoms with Crippen molar-refractivity contribution < 1.29 is 18.0 Å². The first-order chi connectivity index (χ1) is 9.54. The molecule has 1 unspecified atom stereocenters. The van der Waals surface area contributed by atoms with Crippen molar-refractivity contribution in [3.05, 3.63) is 35.9 Å². The van der Waals surface area contributed by atoms with E-state index in [-0.39, 0.29) is 12.5 Å². The van der Waals surface area contributed by atoms with E-state index in [2.05, 4.69) is 0 Å². The van der Waals surface area contributed by atoms with Crippen LogP contribution in [0, 0.1) is 5.92 Å². The van der Waals surface area contributed by atoms with Crippen LogP contribution in [0.15, 0.2) is 30.3 Å². The van der Waals surface area contributed by atoms with E-state index in [0.717, 1.165) is 4.90 Å². The highest BCUT2D eigenvalue weighted by atomic mass is 19.4. The van der Waals surface area contributed by atoms with E-state index in [1.54, 1.807) is 44.2 Å². The van der Waals surface area contributed by atoms with Gasteiger partial charge in [-0.1, -0.05) is 44.2 Å². The molecule has 3 nitrogen and oxygen atoms in total. The van der Waals surface area contributed by atoms with Gasteiger partial charge in [0.1, 0.15) is 12.1 Å². The van der Waals surface area contributed by atoms with Gasteiger partial charge in [-0.2, -0.15) is 13.2 Å². The van der Waals surface area contributed by atoms with Crippen LogP contribution in [0.5, 0.6) is 0 Å². The van der Waals surface area contributed by atoms with Crippen LogP contribution in [-0.4, -0.2) is 30.1 Å². The van der Waals surface area contributed by atoms with Crippen molar-refractivity contribution >= 4 is 5.91 Å². The maximum Gasteiger partial charge on any atom is 0.406 e. The van der Waals surface area contributed by atoms with Crippen LogP contribution in [0.25, 0.3) is 0 Å². The summed E-state index contributed by atoms with van der Waals surface area (Å²) < 4.78 is 38.0. The van der Waals surface area contributed by atoms with Gasteiger partial charge in [-0.05, 0) is 18.4 Å². The monoisotopic (exact) mass is 302 g/mol. The lowest BCUT2D eigenvalue weighted by atomic mass is 9.91. The van der Waals surface area contributed by atoms with Gasteiger partial charge in [0.25, 0.3) is 0 Å². The summed E-state index contributed by atoms with van der Waals surface area (Å²) in [5.74, 6) is -0.803. The molecule has 0 saturated carbocycles. The number of rotatable bonds is 5. The van der Waals surface area contributed by atoms with Gasteiger partial charge >= 0.3 is 6.18 Å². The molecular formula is C15H21F3N2O. The van der Waals surface area contributed by atoms with Crippen LogP contribution < -0.4 is 5.73 Å². The molecule has 0 heterocycles. The van der Waals surface area contributed by atoms with Crippen molar-refractivity contribution in [3.8, 4) is 0 Å². The Morgan fingerprint density at radius 2 is 1.76 bits per heavy atom. The summed E-state index contributed by atoms with van der Waals surface area (Å²) in [7, 11) is 0. The Labute approximate surface area is 122 Å². The highest BCUT2D eigenvalue weighted by Gasteiger charge is 2.40. The minimum atomic E-state index is -4.45. The molecule has 118 valence electrons. The molecule has 0 bridgehead atoms. The molecule has 0 aliphatic heterocycles. The van der Waals surface area contributed by atoms with Gasteiger partial charge in [-0.3, -0.25) is 4.79 Å². The van der Waals surface area contributed by atoms with E-state index in [1.165, 1.54) is 6.92 Å². The highest BCUT2D eigenvalue weighted by molar-refractivity contribution is 5.87. The van der Waals surface area contributed by atoms with Crippen LogP contribution in [0.1, 0.15) is 26.3 Å². The zero-order valence-corrected chi connectivity index (χ0v) is 12.4. The van der Waals surface area contributed by atoms with Crippen LogP contribution >= 0.6 is 0 Å². The summed E-state index contributed by atoms with van der Waals surface area (Å²) in [4.78, 5) is 13.3. The number of amides is 1. The summed E-state index contributed by atoms with van der Waals surface area (Å²) in [6.45, 7) is 3.68. The van der Waals surface area contributed by atoms with Gasteiger partial charge in [0.2, 0.25) is 5.91 Å². The standard InChI is InChI=1S/C15H21F3N2O/c1-11(2)9-20(10-15(16,17)18)13(21)14(3,19)12-7-5-4-6-8-12/h4-8,11H,9-10,19H2,1-3H3. The fourth-order valence-corrected chi connectivity index (χ4v) is 2.11. The van der Waals surface area contributed by atoms with Crippen molar-refractivity contribution in [1.82, 2.24) is 4.90 Å². The lowest BCUT2D eigenvalue weighted by Gasteiger charge is -2.33. The molecule has 0 radical (unpaired) electrons. The first-order valence-corrected chi connectivity index (χ1v) is 6.74. The molecule has 0 aliphatic rings. The fourth-order valence-electron chi connectivity index (χ4n) is 2.11. The molecule has 2 N–H and O–H groups in total. The smallest absolute Gasteiger partial charge is 0.331 e. The molecule has 1 atom stereocenters. The van der Waals surface area contributed by atoms with E-state index >= 15 is 0 Å². The first kappa shape index (κ1) is 17.5. The lowest BCUT2D eigenvalue weighted by molar-refractivity contribution is -0.165. The van der Waals surface area contributed by atoms with E-state index in [1.807, 2.05) is 0 Å². The summed E-state index contributed by atoms with van der Waals surface area (Å²) in [6, 6.07) is 8.43. The third-order valence-corrected chi connectivity index (χ3v) is 3.06. The van der Waals surface area contributed by atoms with Gasteiger partial charge in [0.15, 0.2) is 0 Å². The van der Waals surface area contributed by atoms with Crippen LogP contribution in [0.2, 0.25) is 0 Å². The van der Waals surface area contributed by atoms with Gasteiger partial charge < -0.3 is 10.6 Å². The summed E-state index contributed by atoms with van der Waals surface area (Å²) in [5.41, 5.74) is 5.03. The van der Waals surface area contributed by atoms with Crippen LogP contribution in [0.4, 0.5) is 13.2 Å². The molecule has 1 rings (SSSR count). The number of carbonyl (C=O) groups is 1. The maximum atomic E-state index is 12.7. The Kier molecular flexibility index (Phi) is 5.39. The number of nitrogens with zero attached hydrogens (tertiary/aromatic N) is 1. The second-order valence-corrected chi connectivity index (χ2v) is 5.76. The Hall–Kier alpha value is -1.56. The predicted molar refractivity (Wildman–Crippen MR) is 75.5 cm³/mol. The maximum absolute atomic E-state index is 12.7. The Balaban J connectivity index is 3.03. The van der Waals surface area contributed by atoms with Gasteiger partial charge in [-0.25, -0.2) is 0 Å². The summed E-state index contributed by atoms with van der Waals surface area (Å²) in [5, 5.41) is 0. The minimum absolute atomic E-state index is 0.0119. The molecule has 0 spiro atoms. The van der Waals surface area contributed by atoms with Crippen molar-refractivity contribution in [2.75, 3.05) is 13.1 Å². The van der Waals surface area contributed by atoms with E-state index < -0.39 is 24.2 Å². The third-order valence-electron chi connectivity index (χ3n) is 3.06. The van der Waals surface area contributed by atoms with E-state index in [0.29, 0.717) is 5.56 Å². The second-order valence-electron chi connectivity index (χ2n) is 5.76. The van der Waals surface area contributed by atoms with Crippen molar-refractivity contribution in [2.24, 2.45) is 11.7 Å². The van der Waals surface area contributed by atoms with E-state index in [9.17, 15) is 18.0 Å². The number of hydrogen-bond acceptors (Lipinski definition) is 2. The molecule has 0 saturated heterocycles. The average Bonchev–Trinajstić information content (AvgIpc) is 2.36. The van der Waals surface area contributed by atoms with Crippen LogP contribution in [0.3, 0.4) is 0 Å². The zero-order valence-electron chi connectivity index (χ0n) is 12.4. The number of alkyl halides is 3. The first-order valence-electron chi connectivity index (χ1n) is 6.74. The molecule has 1 aromatic rings. The largest absolute Gasteiger partial charge is 0.406 e. The fraction of sp³-hybridized carbons (Fsp3) is 0.533. The molecule has 0 aromatic heterocycles. The third kappa shape index (κ3) is 5.04. The lowest BCUT2D eigenvalue weighted by Crippen LogP contribution is -2.54. The minimum Gasteiger partial charge on any atom is -0.331 e. The summed E-state index contributed by atoms with van der Waals surface area (Å²) >= 11 is 0. The molecule has 1 amide bonds. The quantitative estimate of drug-likeness (QED) is 0.909. The molecule has 21 heavy (non-hydrogen) atoms. The number of halogens is 3. The number of benzene rings is 1. The normalized spacial score (nSPS) is 14.9. The average molecular weight is 302 g/mol. The van der Waals surface area contributed by atoms with Gasteiger partial charge in [-0.15, -0.1) is 0 Å². The van der Waals surface area contributed by atoms with Crippen molar-refractivity contribution in [2.45, 2.75) is 32.5 Å². The molecule has 0 fully saturated rings. The van der Waals surface area contributed by atoms with Gasteiger partial charge in [0.05, 0.1) is 0 Å². The van der Waals surface area contributed by atoms with Gasteiger partial charge in [0, 0.05) is 6.54 Å². The Morgan fingerprint density at radius 3 is 2.19 bits per heavy atom. The molecule has 1 aromatic carbocycles. The zero-order chi connectivity index (χ0) is 16.3. The number of nitrogens with two attached hydrogens (primary N) is 1. The molecule has 0 aliphatic carbocycles. The number of hydrogen-bond donors (Lipinski definition) is 1. The predicted octanol–water partition coefficient (Wildman–Crippen LogP) is 2.91.